The lowest BCUT2D eigenvalue weighted by Crippen LogP contribution is -2.27. The smallest absolute Gasteiger partial charge is 0.316 e. The maximum absolute atomic E-state index is 12.9. The van der Waals surface area contributed by atoms with Gasteiger partial charge in [0.2, 0.25) is 0 Å². The van der Waals surface area contributed by atoms with Gasteiger partial charge in [0, 0.05) is 12.1 Å². The van der Waals surface area contributed by atoms with Crippen molar-refractivity contribution in [3.8, 4) is 5.69 Å². The van der Waals surface area contributed by atoms with Crippen LogP contribution in [0.15, 0.2) is 59.7 Å². The largest absolute Gasteiger partial charge is 0.350 e. The van der Waals surface area contributed by atoms with Crippen LogP contribution in [0.25, 0.3) is 5.69 Å². The zero-order chi connectivity index (χ0) is 17.8. The van der Waals surface area contributed by atoms with Crippen molar-refractivity contribution in [1.29, 1.82) is 0 Å². The molecule has 0 aliphatic heterocycles. The van der Waals surface area contributed by atoms with Crippen LogP contribution in [0.4, 0.5) is 4.39 Å². The summed E-state index contributed by atoms with van der Waals surface area (Å²) in [5.41, 5.74) is 1.69. The third kappa shape index (κ3) is 3.72. The topological polar surface area (TPSA) is 68.9 Å². The van der Waals surface area contributed by atoms with E-state index in [1.807, 2.05) is 31.3 Å². The Bertz CT molecular complexity index is 927. The molecule has 0 radical (unpaired) electrons. The highest BCUT2D eigenvalue weighted by molar-refractivity contribution is 5.95. The Balaban J connectivity index is 1.80. The third-order valence-corrected chi connectivity index (χ3v) is 3.79. The van der Waals surface area contributed by atoms with E-state index >= 15 is 0 Å². The SMILES string of the molecule is CNCc1ccc(-n2cnn(CC(=O)c3ccc(F)cc3)c2=O)cc1. The van der Waals surface area contributed by atoms with Gasteiger partial charge < -0.3 is 5.32 Å². The number of carbonyl (C=O) groups excluding carboxylic acids is 1. The first-order chi connectivity index (χ1) is 12.1. The van der Waals surface area contributed by atoms with E-state index in [0.29, 0.717) is 11.3 Å². The summed E-state index contributed by atoms with van der Waals surface area (Å²) in [6.07, 6.45) is 1.38. The zero-order valence-corrected chi connectivity index (χ0v) is 13.6. The van der Waals surface area contributed by atoms with Crippen molar-refractivity contribution in [1.82, 2.24) is 19.7 Å². The average Bonchev–Trinajstić information content (AvgIpc) is 2.97. The molecular formula is C18H17FN4O2. The van der Waals surface area contributed by atoms with E-state index in [-0.39, 0.29) is 12.3 Å². The summed E-state index contributed by atoms with van der Waals surface area (Å²) in [7, 11) is 1.86. The zero-order valence-electron chi connectivity index (χ0n) is 13.6. The number of benzene rings is 2. The molecule has 0 aliphatic carbocycles. The van der Waals surface area contributed by atoms with E-state index in [2.05, 4.69) is 10.4 Å². The minimum atomic E-state index is -0.417. The van der Waals surface area contributed by atoms with Crippen LogP contribution in [0.1, 0.15) is 15.9 Å². The Hall–Kier alpha value is -3.06. The van der Waals surface area contributed by atoms with Crippen LogP contribution in [0.3, 0.4) is 0 Å². The molecule has 0 spiro atoms. The Labute approximate surface area is 143 Å². The maximum Gasteiger partial charge on any atom is 0.350 e. The highest BCUT2D eigenvalue weighted by atomic mass is 19.1. The molecule has 0 amide bonds. The summed E-state index contributed by atoms with van der Waals surface area (Å²) in [4.78, 5) is 24.6. The number of nitrogens with one attached hydrogen (secondary N) is 1. The molecule has 3 aromatic rings. The number of ketones is 1. The molecule has 0 saturated heterocycles. The summed E-state index contributed by atoms with van der Waals surface area (Å²) in [5.74, 6) is -0.726. The van der Waals surface area contributed by atoms with Gasteiger partial charge in [0.05, 0.1) is 5.69 Å². The second-order valence-electron chi connectivity index (χ2n) is 5.57. The number of hydrogen-bond acceptors (Lipinski definition) is 4. The normalized spacial score (nSPS) is 10.8. The number of hydrogen-bond donors (Lipinski definition) is 1. The molecule has 0 aliphatic rings. The summed E-state index contributed by atoms with van der Waals surface area (Å²) >= 11 is 0. The summed E-state index contributed by atoms with van der Waals surface area (Å²) in [6.45, 7) is 0.538. The van der Waals surface area contributed by atoms with Gasteiger partial charge in [-0.25, -0.2) is 18.4 Å². The molecule has 0 atom stereocenters. The summed E-state index contributed by atoms with van der Waals surface area (Å²) in [6, 6.07) is 12.7. The third-order valence-electron chi connectivity index (χ3n) is 3.79. The molecule has 6 nitrogen and oxygen atoms in total. The molecule has 1 aromatic heterocycles. The Kier molecular flexibility index (Phi) is 4.85. The average molecular weight is 340 g/mol. The molecule has 25 heavy (non-hydrogen) atoms. The number of carbonyl (C=O) groups is 1. The van der Waals surface area contributed by atoms with Crippen molar-refractivity contribution in [2.24, 2.45) is 0 Å². The lowest BCUT2D eigenvalue weighted by molar-refractivity contribution is 0.0966. The van der Waals surface area contributed by atoms with Gasteiger partial charge in [-0.2, -0.15) is 5.10 Å². The van der Waals surface area contributed by atoms with Crippen molar-refractivity contribution in [3.63, 3.8) is 0 Å². The molecule has 0 unspecified atom stereocenters. The van der Waals surface area contributed by atoms with Crippen LogP contribution in [0.2, 0.25) is 0 Å². The molecule has 1 N–H and O–H groups in total. The minimum Gasteiger partial charge on any atom is -0.316 e. The predicted octanol–water partition coefficient (Wildman–Crippen LogP) is 1.78. The second-order valence-corrected chi connectivity index (χ2v) is 5.57. The molecule has 7 heteroatoms. The quantitative estimate of drug-likeness (QED) is 0.695. The van der Waals surface area contributed by atoms with E-state index in [9.17, 15) is 14.0 Å². The van der Waals surface area contributed by atoms with Crippen molar-refractivity contribution in [3.05, 3.63) is 82.3 Å². The van der Waals surface area contributed by atoms with Gasteiger partial charge in [0.15, 0.2) is 5.78 Å². The fraction of sp³-hybridized carbons (Fsp3) is 0.167. The lowest BCUT2D eigenvalue weighted by Gasteiger charge is -2.03. The van der Waals surface area contributed by atoms with E-state index in [1.165, 1.54) is 35.2 Å². The van der Waals surface area contributed by atoms with Crippen LogP contribution in [-0.4, -0.2) is 27.2 Å². The predicted molar refractivity (Wildman–Crippen MR) is 91.3 cm³/mol. The first-order valence-electron chi connectivity index (χ1n) is 7.75. The molecule has 2 aromatic carbocycles. The Morgan fingerprint density at radius 1 is 1.12 bits per heavy atom. The van der Waals surface area contributed by atoms with Gasteiger partial charge in [0.1, 0.15) is 18.7 Å². The van der Waals surface area contributed by atoms with Crippen LogP contribution < -0.4 is 11.0 Å². The molecule has 0 fully saturated rings. The van der Waals surface area contributed by atoms with Crippen molar-refractivity contribution >= 4 is 5.78 Å². The highest BCUT2D eigenvalue weighted by Crippen LogP contribution is 2.08. The standard InChI is InChI=1S/C18H17FN4O2/c1-20-10-13-2-8-16(9-3-13)22-12-21-23(18(22)25)11-17(24)14-4-6-15(19)7-5-14/h2-9,12,20H,10-11H2,1H3. The number of Topliss-reactive ketones (excluding diaryl/α,β-unsaturated/α-hetero) is 1. The minimum absolute atomic E-state index is 0.199. The highest BCUT2D eigenvalue weighted by Gasteiger charge is 2.12. The van der Waals surface area contributed by atoms with Crippen molar-refractivity contribution in [2.45, 2.75) is 13.1 Å². The number of rotatable bonds is 6. The Morgan fingerprint density at radius 2 is 1.80 bits per heavy atom. The van der Waals surface area contributed by atoms with Crippen LogP contribution in [0, 0.1) is 5.82 Å². The monoisotopic (exact) mass is 340 g/mol. The molecule has 128 valence electrons. The van der Waals surface area contributed by atoms with Crippen LogP contribution in [0.5, 0.6) is 0 Å². The van der Waals surface area contributed by atoms with Gasteiger partial charge in [-0.05, 0) is 49.0 Å². The van der Waals surface area contributed by atoms with Gasteiger partial charge in [-0.15, -0.1) is 0 Å². The first-order valence-corrected chi connectivity index (χ1v) is 7.75. The van der Waals surface area contributed by atoms with Crippen molar-refractivity contribution < 1.29 is 9.18 Å². The molecule has 0 bridgehead atoms. The molecule has 1 heterocycles. The fourth-order valence-corrected chi connectivity index (χ4v) is 2.46. The number of aromatic nitrogens is 3. The van der Waals surface area contributed by atoms with E-state index < -0.39 is 11.5 Å². The van der Waals surface area contributed by atoms with E-state index in [4.69, 9.17) is 0 Å². The van der Waals surface area contributed by atoms with E-state index in [1.54, 1.807) is 0 Å². The van der Waals surface area contributed by atoms with E-state index in [0.717, 1.165) is 16.8 Å². The van der Waals surface area contributed by atoms with Gasteiger partial charge >= 0.3 is 5.69 Å². The number of halogens is 1. The van der Waals surface area contributed by atoms with Gasteiger partial charge in [-0.3, -0.25) is 4.79 Å². The molecular weight excluding hydrogens is 323 g/mol. The van der Waals surface area contributed by atoms with Crippen molar-refractivity contribution in [2.75, 3.05) is 7.05 Å². The van der Waals surface area contributed by atoms with Gasteiger partial charge in [0.25, 0.3) is 0 Å². The molecule has 0 saturated carbocycles. The maximum atomic E-state index is 12.9. The fourth-order valence-electron chi connectivity index (χ4n) is 2.46. The summed E-state index contributed by atoms with van der Waals surface area (Å²) in [5, 5.41) is 7.05. The second kappa shape index (κ2) is 7.23. The van der Waals surface area contributed by atoms with Crippen LogP contribution in [-0.2, 0) is 13.1 Å². The first kappa shape index (κ1) is 16.8. The van der Waals surface area contributed by atoms with Gasteiger partial charge in [-0.1, -0.05) is 12.1 Å². The lowest BCUT2D eigenvalue weighted by atomic mass is 10.1. The van der Waals surface area contributed by atoms with Crippen LogP contribution >= 0.6 is 0 Å². The molecule has 3 rings (SSSR count). The number of nitrogens with zero attached hydrogens (tertiary/aromatic N) is 3. The summed E-state index contributed by atoms with van der Waals surface area (Å²) < 4.78 is 15.4. The Morgan fingerprint density at radius 3 is 2.44 bits per heavy atom.